The van der Waals surface area contributed by atoms with E-state index in [2.05, 4.69) is 22.9 Å². The molecule has 0 amide bonds. The Bertz CT molecular complexity index is 194. The van der Waals surface area contributed by atoms with Crippen LogP contribution in [0.3, 0.4) is 0 Å². The number of piperidine rings is 1. The lowest BCUT2D eigenvalue weighted by atomic mass is 9.94. The van der Waals surface area contributed by atoms with Crippen LogP contribution < -0.4 is 11.0 Å². The fourth-order valence-corrected chi connectivity index (χ4v) is 2.60. The Hall–Kier alpha value is -0.120. The fraction of sp³-hybridized carbons (Fsp3) is 1.00. The van der Waals surface area contributed by atoms with Gasteiger partial charge in [-0.05, 0) is 24.7 Å². The second-order valence-electron chi connectivity index (χ2n) is 4.47. The molecule has 62 valence electrons. The lowest BCUT2D eigenvalue weighted by molar-refractivity contribution is 0.102. The summed E-state index contributed by atoms with van der Waals surface area (Å²) in [6.45, 7) is 3.54. The molecule has 2 N–H and O–H groups in total. The summed E-state index contributed by atoms with van der Waals surface area (Å²) in [5, 5.41) is 2.43. The van der Waals surface area contributed by atoms with Crippen LogP contribution in [-0.4, -0.2) is 23.6 Å². The van der Waals surface area contributed by atoms with Gasteiger partial charge in [0.25, 0.3) is 0 Å². The highest BCUT2D eigenvalue weighted by atomic mass is 15.7. The van der Waals surface area contributed by atoms with E-state index in [0.717, 1.165) is 18.6 Å². The first kappa shape index (κ1) is 6.40. The van der Waals surface area contributed by atoms with Crippen LogP contribution in [-0.2, 0) is 0 Å². The molecule has 0 aromatic carbocycles. The molecule has 3 rings (SSSR count). The van der Waals surface area contributed by atoms with Crippen molar-refractivity contribution in [2.75, 3.05) is 6.54 Å². The quantitative estimate of drug-likeness (QED) is 0.522. The van der Waals surface area contributed by atoms with Crippen LogP contribution in [0.5, 0.6) is 0 Å². The zero-order chi connectivity index (χ0) is 7.47. The molecule has 2 aliphatic heterocycles. The van der Waals surface area contributed by atoms with Crippen molar-refractivity contribution in [3.63, 3.8) is 0 Å². The van der Waals surface area contributed by atoms with Crippen molar-refractivity contribution >= 4 is 0 Å². The number of hydrogen-bond acceptors (Lipinski definition) is 3. The van der Waals surface area contributed by atoms with Gasteiger partial charge in [0.05, 0.1) is 0 Å². The number of rotatable bonds is 0. The highest BCUT2D eigenvalue weighted by Crippen LogP contribution is 2.56. The van der Waals surface area contributed by atoms with Crippen LogP contribution in [0.1, 0.15) is 26.2 Å². The maximum Gasteiger partial charge on any atom is 0.0399 e. The zero-order valence-corrected chi connectivity index (χ0v) is 6.93. The molecular weight excluding hydrogens is 138 g/mol. The van der Waals surface area contributed by atoms with E-state index in [0.29, 0.717) is 5.41 Å². The molecule has 0 radical (unpaired) electrons. The first-order chi connectivity index (χ1) is 5.30. The number of hydrogen-bond donors (Lipinski definition) is 2. The third kappa shape index (κ3) is 0.736. The molecule has 2 saturated heterocycles. The van der Waals surface area contributed by atoms with Gasteiger partial charge in [-0.2, -0.15) is 5.53 Å². The highest BCUT2D eigenvalue weighted by molar-refractivity contribution is 5.10. The summed E-state index contributed by atoms with van der Waals surface area (Å²) >= 11 is 0. The molecule has 1 aliphatic carbocycles. The third-order valence-corrected chi connectivity index (χ3v) is 3.63. The van der Waals surface area contributed by atoms with Crippen molar-refractivity contribution in [3.8, 4) is 0 Å². The predicted molar refractivity (Wildman–Crippen MR) is 42.5 cm³/mol. The number of nitrogens with one attached hydrogen (secondary N) is 2. The smallest absolute Gasteiger partial charge is 0.0399 e. The van der Waals surface area contributed by atoms with E-state index in [1.165, 1.54) is 19.3 Å². The molecule has 0 aromatic rings. The van der Waals surface area contributed by atoms with Crippen LogP contribution >= 0.6 is 0 Å². The summed E-state index contributed by atoms with van der Waals surface area (Å²) in [4.78, 5) is 0. The Labute approximate surface area is 67.1 Å². The van der Waals surface area contributed by atoms with Gasteiger partial charge in [0.2, 0.25) is 0 Å². The fourth-order valence-electron chi connectivity index (χ4n) is 2.60. The maximum absolute atomic E-state index is 3.26. The second-order valence-corrected chi connectivity index (χ2v) is 4.47. The largest absolute Gasteiger partial charge is 0.242 e. The van der Waals surface area contributed by atoms with E-state index in [4.69, 9.17) is 0 Å². The summed E-state index contributed by atoms with van der Waals surface area (Å²) < 4.78 is 0. The highest BCUT2D eigenvalue weighted by Gasteiger charge is 2.58. The van der Waals surface area contributed by atoms with Gasteiger partial charge in [-0.25, -0.2) is 10.4 Å². The normalized spacial score (nSPS) is 55.4. The Morgan fingerprint density at radius 3 is 3.36 bits per heavy atom. The van der Waals surface area contributed by atoms with E-state index in [1.54, 1.807) is 0 Å². The van der Waals surface area contributed by atoms with Gasteiger partial charge in [0.1, 0.15) is 0 Å². The van der Waals surface area contributed by atoms with Gasteiger partial charge >= 0.3 is 0 Å². The molecule has 3 atom stereocenters. The Kier molecular flexibility index (Phi) is 1.04. The molecule has 2 unspecified atom stereocenters. The van der Waals surface area contributed by atoms with Crippen LogP contribution in [0.2, 0.25) is 0 Å². The van der Waals surface area contributed by atoms with Crippen LogP contribution in [0.4, 0.5) is 0 Å². The minimum absolute atomic E-state index is 0.662. The van der Waals surface area contributed by atoms with Crippen LogP contribution in [0.25, 0.3) is 0 Å². The van der Waals surface area contributed by atoms with Crippen LogP contribution in [0.15, 0.2) is 0 Å². The molecule has 11 heavy (non-hydrogen) atoms. The molecule has 3 heteroatoms. The van der Waals surface area contributed by atoms with Gasteiger partial charge < -0.3 is 0 Å². The van der Waals surface area contributed by atoms with Crippen molar-refractivity contribution < 1.29 is 0 Å². The van der Waals surface area contributed by atoms with E-state index in [-0.39, 0.29) is 0 Å². The summed E-state index contributed by atoms with van der Waals surface area (Å²) in [6.07, 6.45) is 4.20. The summed E-state index contributed by atoms with van der Waals surface area (Å²) in [6, 6.07) is 1.60. The van der Waals surface area contributed by atoms with E-state index in [1.807, 2.05) is 0 Å². The minimum Gasteiger partial charge on any atom is -0.242 e. The van der Waals surface area contributed by atoms with Crippen molar-refractivity contribution in [2.45, 2.75) is 38.3 Å². The molecule has 2 heterocycles. The van der Waals surface area contributed by atoms with Crippen LogP contribution in [0, 0.1) is 5.41 Å². The first-order valence-corrected chi connectivity index (χ1v) is 4.56. The minimum atomic E-state index is 0.662. The average Bonchev–Trinajstić information content (AvgIpc) is 2.50. The Balaban J connectivity index is 1.84. The lowest BCUT2D eigenvalue weighted by Gasteiger charge is -2.30. The standard InChI is InChI=1S/C8H15N3/c1-8-3-2-6-5-9-10-11(6)7(8)4-8/h6-7,9-10H,2-5H2,1H3/t6?,7-,8?/m1/s1. The number of fused-ring (bicyclic) bond motifs is 3. The summed E-state index contributed by atoms with van der Waals surface area (Å²) in [7, 11) is 0. The third-order valence-electron chi connectivity index (χ3n) is 3.63. The summed E-state index contributed by atoms with van der Waals surface area (Å²) in [5.41, 5.74) is 7.14. The Morgan fingerprint density at radius 2 is 2.45 bits per heavy atom. The second kappa shape index (κ2) is 1.79. The van der Waals surface area contributed by atoms with E-state index in [9.17, 15) is 0 Å². The average molecular weight is 153 g/mol. The monoisotopic (exact) mass is 153 g/mol. The molecule has 3 aliphatic rings. The Morgan fingerprint density at radius 1 is 1.55 bits per heavy atom. The molecule has 0 bridgehead atoms. The van der Waals surface area contributed by atoms with Crippen molar-refractivity contribution in [1.82, 2.24) is 16.0 Å². The van der Waals surface area contributed by atoms with Crippen molar-refractivity contribution in [3.05, 3.63) is 0 Å². The SMILES string of the molecule is CC12CCC3CNNN3[C@@H]1C2. The molecular formula is C8H15N3. The number of nitrogens with zero attached hydrogens (tertiary/aromatic N) is 1. The van der Waals surface area contributed by atoms with E-state index < -0.39 is 0 Å². The molecule has 3 nitrogen and oxygen atoms in total. The number of hydrazine groups is 2. The summed E-state index contributed by atoms with van der Waals surface area (Å²) in [5.74, 6) is 0. The zero-order valence-electron chi connectivity index (χ0n) is 6.93. The molecule has 0 spiro atoms. The van der Waals surface area contributed by atoms with Gasteiger partial charge in [-0.3, -0.25) is 0 Å². The predicted octanol–water partition coefficient (Wildman–Crippen LogP) is 0.252. The lowest BCUT2D eigenvalue weighted by Crippen LogP contribution is -2.45. The van der Waals surface area contributed by atoms with Gasteiger partial charge in [-0.1, -0.05) is 6.92 Å². The maximum atomic E-state index is 3.26. The molecule has 3 fully saturated rings. The van der Waals surface area contributed by atoms with Gasteiger partial charge in [0.15, 0.2) is 0 Å². The van der Waals surface area contributed by atoms with E-state index >= 15 is 0 Å². The van der Waals surface area contributed by atoms with Gasteiger partial charge in [-0.15, -0.1) is 0 Å². The molecule has 1 saturated carbocycles. The first-order valence-electron chi connectivity index (χ1n) is 4.56. The van der Waals surface area contributed by atoms with Gasteiger partial charge in [0, 0.05) is 18.6 Å². The molecule has 0 aromatic heterocycles. The van der Waals surface area contributed by atoms with Crippen molar-refractivity contribution in [2.24, 2.45) is 5.41 Å². The topological polar surface area (TPSA) is 27.3 Å². The van der Waals surface area contributed by atoms with Crippen molar-refractivity contribution in [1.29, 1.82) is 0 Å².